The van der Waals surface area contributed by atoms with Crippen LogP contribution in [0.25, 0.3) is 0 Å². The van der Waals surface area contributed by atoms with Gasteiger partial charge in [0.25, 0.3) is 0 Å². The van der Waals surface area contributed by atoms with Crippen molar-refractivity contribution >= 4 is 29.4 Å². The van der Waals surface area contributed by atoms with E-state index in [1.54, 1.807) is 23.9 Å². The van der Waals surface area contributed by atoms with Crippen molar-refractivity contribution in [2.45, 2.75) is 13.0 Å². The minimum atomic E-state index is -1.02. The van der Waals surface area contributed by atoms with E-state index in [9.17, 15) is 9.59 Å². The normalized spacial score (nSPS) is 11.7. The third-order valence-corrected chi connectivity index (χ3v) is 2.99. The lowest BCUT2D eigenvalue weighted by molar-refractivity contribution is 0.0697. The van der Waals surface area contributed by atoms with E-state index in [4.69, 9.17) is 5.11 Å². The molecule has 0 aliphatic carbocycles. The highest BCUT2D eigenvalue weighted by Gasteiger charge is 2.08. The van der Waals surface area contributed by atoms with E-state index in [1.165, 1.54) is 12.1 Å². The molecule has 6 heteroatoms. The second kappa shape index (κ2) is 6.90. The molecule has 3 N–H and O–H groups in total. The summed E-state index contributed by atoms with van der Waals surface area (Å²) in [5, 5.41) is 14.2. The van der Waals surface area contributed by atoms with Crippen molar-refractivity contribution in [3.05, 3.63) is 29.8 Å². The fourth-order valence-electron chi connectivity index (χ4n) is 1.41. The first-order valence-corrected chi connectivity index (χ1v) is 6.82. The van der Waals surface area contributed by atoms with Crippen LogP contribution in [0, 0.1) is 0 Å². The van der Waals surface area contributed by atoms with Crippen LogP contribution in [0.3, 0.4) is 0 Å². The minimum absolute atomic E-state index is 0.0580. The molecule has 1 rings (SSSR count). The summed E-state index contributed by atoms with van der Waals surface area (Å²) < 4.78 is 0. The summed E-state index contributed by atoms with van der Waals surface area (Å²) in [6.07, 6.45) is 1.96. The van der Waals surface area contributed by atoms with Crippen LogP contribution < -0.4 is 10.6 Å². The van der Waals surface area contributed by atoms with Crippen molar-refractivity contribution in [1.29, 1.82) is 0 Å². The summed E-state index contributed by atoms with van der Waals surface area (Å²) >= 11 is 1.64. The number of carbonyl (C=O) groups is 2. The Balaban J connectivity index is 2.59. The summed E-state index contributed by atoms with van der Waals surface area (Å²) in [5.41, 5.74) is 0.605. The predicted molar refractivity (Wildman–Crippen MR) is 73.4 cm³/mol. The van der Waals surface area contributed by atoms with Crippen LogP contribution in [-0.4, -0.2) is 35.2 Å². The SMILES string of the molecule is CSCC(C)NC(=O)Nc1cccc(C(=O)O)c1. The van der Waals surface area contributed by atoms with Crippen molar-refractivity contribution in [1.82, 2.24) is 5.32 Å². The lowest BCUT2D eigenvalue weighted by Gasteiger charge is -2.13. The maximum Gasteiger partial charge on any atom is 0.335 e. The van der Waals surface area contributed by atoms with E-state index in [0.717, 1.165) is 5.75 Å². The monoisotopic (exact) mass is 268 g/mol. The quantitative estimate of drug-likeness (QED) is 0.765. The Bertz CT molecular complexity index is 437. The molecule has 98 valence electrons. The summed E-state index contributed by atoms with van der Waals surface area (Å²) in [6.45, 7) is 1.91. The molecular formula is C12H16N2O3S. The van der Waals surface area contributed by atoms with Gasteiger partial charge >= 0.3 is 12.0 Å². The standard InChI is InChI=1S/C12H16N2O3S/c1-8(7-18-2)13-12(17)14-10-5-3-4-9(6-10)11(15)16/h3-6,8H,7H2,1-2H3,(H,15,16)(H2,13,14,17). The first kappa shape index (κ1) is 14.4. The number of hydrogen-bond donors (Lipinski definition) is 3. The first-order chi connectivity index (χ1) is 8.52. The van der Waals surface area contributed by atoms with Gasteiger partial charge < -0.3 is 15.7 Å². The molecule has 1 aromatic carbocycles. The Kier molecular flexibility index (Phi) is 5.51. The zero-order valence-electron chi connectivity index (χ0n) is 10.3. The fraction of sp³-hybridized carbons (Fsp3) is 0.333. The molecule has 0 aromatic heterocycles. The molecule has 0 fully saturated rings. The van der Waals surface area contributed by atoms with E-state index in [0.29, 0.717) is 5.69 Å². The molecule has 0 spiro atoms. The van der Waals surface area contributed by atoms with Crippen LogP contribution in [0.1, 0.15) is 17.3 Å². The highest BCUT2D eigenvalue weighted by atomic mass is 32.2. The van der Waals surface area contributed by atoms with Crippen LogP contribution in [0.5, 0.6) is 0 Å². The molecule has 0 saturated heterocycles. The zero-order chi connectivity index (χ0) is 13.5. The van der Waals surface area contributed by atoms with E-state index in [1.807, 2.05) is 13.2 Å². The van der Waals surface area contributed by atoms with Crippen molar-refractivity contribution in [3.8, 4) is 0 Å². The first-order valence-electron chi connectivity index (χ1n) is 5.42. The van der Waals surface area contributed by atoms with E-state index >= 15 is 0 Å². The number of benzene rings is 1. The molecule has 1 unspecified atom stereocenters. The fourth-order valence-corrected chi connectivity index (χ4v) is 2.00. The average molecular weight is 268 g/mol. The number of hydrogen-bond acceptors (Lipinski definition) is 3. The van der Waals surface area contributed by atoms with Gasteiger partial charge in [-0.05, 0) is 31.4 Å². The van der Waals surface area contributed by atoms with Crippen molar-refractivity contribution in [3.63, 3.8) is 0 Å². The third-order valence-electron chi connectivity index (χ3n) is 2.16. The lowest BCUT2D eigenvalue weighted by Crippen LogP contribution is -2.37. The van der Waals surface area contributed by atoms with Crippen molar-refractivity contribution in [2.75, 3.05) is 17.3 Å². The highest BCUT2D eigenvalue weighted by molar-refractivity contribution is 7.98. The topological polar surface area (TPSA) is 78.4 Å². The number of anilines is 1. The van der Waals surface area contributed by atoms with Crippen molar-refractivity contribution < 1.29 is 14.7 Å². The van der Waals surface area contributed by atoms with Gasteiger partial charge in [-0.3, -0.25) is 0 Å². The number of nitrogens with one attached hydrogen (secondary N) is 2. The second-order valence-corrected chi connectivity index (χ2v) is 4.75. The number of carboxylic acids is 1. The third kappa shape index (κ3) is 4.67. The van der Waals surface area contributed by atoms with E-state index < -0.39 is 5.97 Å². The molecule has 2 amide bonds. The van der Waals surface area contributed by atoms with Crippen LogP contribution >= 0.6 is 11.8 Å². The van der Waals surface area contributed by atoms with Gasteiger partial charge in [0.05, 0.1) is 5.56 Å². The van der Waals surface area contributed by atoms with Gasteiger partial charge in [0.2, 0.25) is 0 Å². The summed E-state index contributed by atoms with van der Waals surface area (Å²) in [4.78, 5) is 22.4. The summed E-state index contributed by atoms with van der Waals surface area (Å²) in [7, 11) is 0. The number of aromatic carboxylic acids is 1. The largest absolute Gasteiger partial charge is 0.478 e. The summed E-state index contributed by atoms with van der Waals surface area (Å²) in [6, 6.07) is 5.85. The Hall–Kier alpha value is -1.69. The van der Waals surface area contributed by atoms with Crippen LogP contribution in [0.4, 0.5) is 10.5 Å². The van der Waals surface area contributed by atoms with Crippen LogP contribution in [-0.2, 0) is 0 Å². The Morgan fingerprint density at radius 1 is 1.44 bits per heavy atom. The molecule has 0 saturated carbocycles. The number of urea groups is 1. The molecule has 0 radical (unpaired) electrons. The minimum Gasteiger partial charge on any atom is -0.478 e. The smallest absolute Gasteiger partial charge is 0.335 e. The van der Waals surface area contributed by atoms with Gasteiger partial charge in [-0.25, -0.2) is 9.59 Å². The molecule has 0 bridgehead atoms. The molecule has 0 aliphatic rings. The predicted octanol–water partition coefficient (Wildman–Crippen LogP) is 2.26. The maximum atomic E-state index is 11.6. The maximum absolute atomic E-state index is 11.6. The Morgan fingerprint density at radius 3 is 2.78 bits per heavy atom. The Morgan fingerprint density at radius 2 is 2.17 bits per heavy atom. The molecule has 5 nitrogen and oxygen atoms in total. The molecule has 1 atom stereocenters. The van der Waals surface area contributed by atoms with Crippen LogP contribution in [0.15, 0.2) is 24.3 Å². The number of thioether (sulfide) groups is 1. The van der Waals surface area contributed by atoms with Gasteiger partial charge in [0, 0.05) is 17.5 Å². The zero-order valence-corrected chi connectivity index (χ0v) is 11.1. The molecule has 0 heterocycles. The van der Waals surface area contributed by atoms with E-state index in [-0.39, 0.29) is 17.6 Å². The number of amides is 2. The second-order valence-electron chi connectivity index (χ2n) is 3.84. The lowest BCUT2D eigenvalue weighted by atomic mass is 10.2. The Labute approximate surface area is 110 Å². The van der Waals surface area contributed by atoms with Gasteiger partial charge in [-0.1, -0.05) is 6.07 Å². The molecule has 18 heavy (non-hydrogen) atoms. The molecule has 0 aliphatic heterocycles. The summed E-state index contributed by atoms with van der Waals surface area (Å²) in [5.74, 6) is -0.197. The van der Waals surface area contributed by atoms with Crippen LogP contribution in [0.2, 0.25) is 0 Å². The average Bonchev–Trinajstić information content (AvgIpc) is 2.29. The number of rotatable bonds is 5. The van der Waals surface area contributed by atoms with E-state index in [2.05, 4.69) is 10.6 Å². The van der Waals surface area contributed by atoms with Gasteiger partial charge in [-0.15, -0.1) is 0 Å². The number of carboxylic acid groups (broad SMARTS) is 1. The highest BCUT2D eigenvalue weighted by Crippen LogP contribution is 2.10. The van der Waals surface area contributed by atoms with Gasteiger partial charge in [0.15, 0.2) is 0 Å². The molecule has 1 aromatic rings. The molecular weight excluding hydrogens is 252 g/mol. The number of carbonyl (C=O) groups excluding carboxylic acids is 1. The van der Waals surface area contributed by atoms with Gasteiger partial charge in [-0.2, -0.15) is 11.8 Å². The van der Waals surface area contributed by atoms with Crippen molar-refractivity contribution in [2.24, 2.45) is 0 Å². The van der Waals surface area contributed by atoms with Gasteiger partial charge in [0.1, 0.15) is 0 Å².